The molecular formula is C32H41FN6O5. The fraction of sp³-hybridized carbons (Fsp3) is 0.438. The molecule has 4 aromatic rings. The summed E-state index contributed by atoms with van der Waals surface area (Å²) in [6, 6.07) is 12.0. The van der Waals surface area contributed by atoms with Crippen LogP contribution in [0.3, 0.4) is 0 Å². The van der Waals surface area contributed by atoms with E-state index in [0.29, 0.717) is 56.0 Å². The number of amides is 1. The third-order valence-electron chi connectivity index (χ3n) is 6.94. The van der Waals surface area contributed by atoms with Crippen molar-refractivity contribution in [1.82, 2.24) is 24.8 Å². The van der Waals surface area contributed by atoms with Gasteiger partial charge in [0, 0.05) is 44.6 Å². The van der Waals surface area contributed by atoms with Crippen molar-refractivity contribution >= 4 is 39.6 Å². The van der Waals surface area contributed by atoms with Gasteiger partial charge in [-0.25, -0.2) is 19.2 Å². The number of rotatable bonds is 16. The summed E-state index contributed by atoms with van der Waals surface area (Å²) in [4.78, 5) is 36.2. The van der Waals surface area contributed by atoms with Crippen molar-refractivity contribution < 1.29 is 28.2 Å². The van der Waals surface area contributed by atoms with Crippen LogP contribution in [0.25, 0.3) is 21.9 Å². The topological polar surface area (TPSA) is 134 Å². The maximum Gasteiger partial charge on any atom is 0.344 e. The van der Waals surface area contributed by atoms with Gasteiger partial charge in [-0.2, -0.15) is 0 Å². The molecule has 2 aromatic heterocycles. The summed E-state index contributed by atoms with van der Waals surface area (Å²) in [5.74, 6) is 0.175. The maximum absolute atomic E-state index is 14.6. The Balaban J connectivity index is 1.56. The molecule has 4 rings (SSSR count). The van der Waals surface area contributed by atoms with Crippen molar-refractivity contribution in [2.45, 2.75) is 52.8 Å². The van der Waals surface area contributed by atoms with E-state index in [-0.39, 0.29) is 37.5 Å². The molecule has 12 heteroatoms. The summed E-state index contributed by atoms with van der Waals surface area (Å²) in [5.41, 5.74) is 9.18. The molecule has 0 atom stereocenters. The number of aryl methyl sites for hydroxylation is 1. The molecule has 0 radical (unpaired) electrons. The van der Waals surface area contributed by atoms with Gasteiger partial charge in [0.15, 0.2) is 12.4 Å². The smallest absolute Gasteiger partial charge is 0.344 e. The minimum absolute atomic E-state index is 0.118. The van der Waals surface area contributed by atoms with Crippen molar-refractivity contribution in [2.24, 2.45) is 0 Å². The number of nitrogens with one attached hydrogen (secondary N) is 1. The van der Waals surface area contributed by atoms with Crippen molar-refractivity contribution in [3.63, 3.8) is 0 Å². The van der Waals surface area contributed by atoms with E-state index in [4.69, 9.17) is 24.9 Å². The molecule has 1 amide bonds. The third kappa shape index (κ3) is 8.42. The van der Waals surface area contributed by atoms with Gasteiger partial charge in [0.05, 0.1) is 30.3 Å². The number of imidazole rings is 1. The zero-order valence-electron chi connectivity index (χ0n) is 25.8. The molecular weight excluding hydrogens is 567 g/mol. The van der Waals surface area contributed by atoms with Crippen molar-refractivity contribution in [3.05, 3.63) is 59.7 Å². The number of anilines is 1. The summed E-state index contributed by atoms with van der Waals surface area (Å²) in [6.45, 7) is 7.45. The van der Waals surface area contributed by atoms with Crippen LogP contribution in [-0.2, 0) is 38.6 Å². The molecule has 0 unspecified atom stereocenters. The van der Waals surface area contributed by atoms with Crippen LogP contribution in [0.1, 0.15) is 38.6 Å². The first-order valence-electron chi connectivity index (χ1n) is 14.8. The van der Waals surface area contributed by atoms with E-state index in [2.05, 4.69) is 14.9 Å². The Hall–Kier alpha value is -4.29. The van der Waals surface area contributed by atoms with E-state index in [0.717, 1.165) is 22.2 Å². The number of methoxy groups -OCH3 is 1. The second-order valence-electron chi connectivity index (χ2n) is 10.7. The fourth-order valence-electron chi connectivity index (χ4n) is 5.04. The highest BCUT2D eigenvalue weighted by Gasteiger charge is 2.19. The quantitative estimate of drug-likeness (QED) is 0.182. The standard InChI is InChI=1S/C32H41FN6O5/c1-5-35-18-28(40)38(19-22-15-23(33)17-24(16-22)43-20-29(41)44-21(2)3)12-8-13-39-27(11-14-42-4)37-30-31(39)25-9-6-7-10-26(25)36-32(30)34/h6-7,9-10,15-17,21,35H,5,8,11-14,18-20H2,1-4H3,(H2,34,36). The van der Waals surface area contributed by atoms with Gasteiger partial charge in [-0.15, -0.1) is 0 Å². The highest BCUT2D eigenvalue weighted by molar-refractivity contribution is 6.06. The largest absolute Gasteiger partial charge is 0.482 e. The molecule has 2 aromatic carbocycles. The number of ether oxygens (including phenoxy) is 3. The summed E-state index contributed by atoms with van der Waals surface area (Å²) < 4.78 is 32.6. The lowest BCUT2D eigenvalue weighted by molar-refractivity contribution is -0.149. The van der Waals surface area contributed by atoms with Gasteiger partial charge in [0.25, 0.3) is 0 Å². The van der Waals surface area contributed by atoms with Gasteiger partial charge < -0.3 is 34.7 Å². The number of hydrogen-bond donors (Lipinski definition) is 2. The normalized spacial score (nSPS) is 11.4. The number of carbonyl (C=O) groups excluding carboxylic acids is 2. The van der Waals surface area contributed by atoms with Gasteiger partial charge in [0.2, 0.25) is 5.91 Å². The van der Waals surface area contributed by atoms with Crippen LogP contribution in [-0.4, -0.2) is 77.4 Å². The predicted octanol–water partition coefficient (Wildman–Crippen LogP) is 3.85. The van der Waals surface area contributed by atoms with E-state index in [1.54, 1.807) is 31.9 Å². The van der Waals surface area contributed by atoms with Gasteiger partial charge in [-0.3, -0.25) is 4.79 Å². The summed E-state index contributed by atoms with van der Waals surface area (Å²) >= 11 is 0. The van der Waals surface area contributed by atoms with Crippen molar-refractivity contribution in [3.8, 4) is 5.75 Å². The molecule has 11 nitrogen and oxygen atoms in total. The number of esters is 1. The molecule has 0 aliphatic rings. The lowest BCUT2D eigenvalue weighted by Gasteiger charge is -2.24. The van der Waals surface area contributed by atoms with E-state index in [1.807, 2.05) is 31.2 Å². The number of nitrogen functional groups attached to an aromatic ring is 1. The zero-order chi connectivity index (χ0) is 31.6. The molecule has 3 N–H and O–H groups in total. The minimum atomic E-state index is -0.546. The van der Waals surface area contributed by atoms with Crippen LogP contribution in [0.2, 0.25) is 0 Å². The predicted molar refractivity (Wildman–Crippen MR) is 167 cm³/mol. The Morgan fingerprint density at radius 3 is 2.70 bits per heavy atom. The van der Waals surface area contributed by atoms with Gasteiger partial charge in [-0.05, 0) is 50.6 Å². The molecule has 236 valence electrons. The van der Waals surface area contributed by atoms with Crippen LogP contribution in [0.4, 0.5) is 10.2 Å². The van der Waals surface area contributed by atoms with E-state index >= 15 is 0 Å². The number of carbonyl (C=O) groups is 2. The molecule has 0 fully saturated rings. The first-order valence-corrected chi connectivity index (χ1v) is 14.8. The lowest BCUT2D eigenvalue weighted by atomic mass is 10.1. The molecule has 0 aliphatic carbocycles. The number of hydrogen-bond acceptors (Lipinski definition) is 9. The van der Waals surface area contributed by atoms with E-state index in [1.165, 1.54) is 12.1 Å². The number of aromatic nitrogens is 3. The van der Waals surface area contributed by atoms with Gasteiger partial charge in [-0.1, -0.05) is 25.1 Å². The Labute approximate surface area is 256 Å². The summed E-state index contributed by atoms with van der Waals surface area (Å²) in [5, 5.41) is 4.02. The highest BCUT2D eigenvalue weighted by atomic mass is 19.1. The Bertz CT molecular complexity index is 1590. The van der Waals surface area contributed by atoms with Crippen LogP contribution >= 0.6 is 0 Å². The Kier molecular flexibility index (Phi) is 11.4. The average molecular weight is 609 g/mol. The number of para-hydroxylation sites is 1. The fourth-order valence-corrected chi connectivity index (χ4v) is 5.04. The molecule has 0 saturated carbocycles. The molecule has 0 spiro atoms. The Morgan fingerprint density at radius 2 is 1.95 bits per heavy atom. The molecule has 0 saturated heterocycles. The van der Waals surface area contributed by atoms with Crippen LogP contribution in [0.5, 0.6) is 5.75 Å². The first kappa shape index (κ1) is 32.6. The SMILES string of the molecule is CCNCC(=O)N(CCCn1c(CCOC)nc2c(N)nc3ccccc3c21)Cc1cc(F)cc(OCC(=O)OC(C)C)c1. The maximum atomic E-state index is 14.6. The zero-order valence-corrected chi connectivity index (χ0v) is 25.8. The monoisotopic (exact) mass is 608 g/mol. The molecule has 44 heavy (non-hydrogen) atoms. The van der Waals surface area contributed by atoms with Crippen LogP contribution in [0.15, 0.2) is 42.5 Å². The first-order chi connectivity index (χ1) is 21.2. The molecule has 2 heterocycles. The number of fused-ring (bicyclic) bond motifs is 3. The van der Waals surface area contributed by atoms with Crippen molar-refractivity contribution in [2.75, 3.05) is 45.7 Å². The number of nitrogens with two attached hydrogens (primary N) is 1. The van der Waals surface area contributed by atoms with Crippen LogP contribution < -0.4 is 15.8 Å². The highest BCUT2D eigenvalue weighted by Crippen LogP contribution is 2.29. The van der Waals surface area contributed by atoms with E-state index in [9.17, 15) is 14.0 Å². The number of halogens is 1. The summed E-state index contributed by atoms with van der Waals surface area (Å²) in [7, 11) is 1.65. The lowest BCUT2D eigenvalue weighted by Crippen LogP contribution is -2.38. The number of nitrogens with zero attached hydrogens (tertiary/aromatic N) is 4. The Morgan fingerprint density at radius 1 is 1.16 bits per heavy atom. The second-order valence-corrected chi connectivity index (χ2v) is 10.7. The number of likely N-dealkylation sites (N-methyl/N-ethyl adjacent to an activating group) is 1. The molecule has 0 bridgehead atoms. The average Bonchev–Trinajstić information content (AvgIpc) is 3.35. The minimum Gasteiger partial charge on any atom is -0.482 e. The van der Waals surface area contributed by atoms with Gasteiger partial charge >= 0.3 is 5.97 Å². The van der Waals surface area contributed by atoms with E-state index < -0.39 is 11.8 Å². The number of pyridine rings is 1. The summed E-state index contributed by atoms with van der Waals surface area (Å²) in [6.07, 6.45) is 0.896. The van der Waals surface area contributed by atoms with Gasteiger partial charge in [0.1, 0.15) is 22.9 Å². The molecule has 0 aliphatic heterocycles. The van der Waals surface area contributed by atoms with Crippen LogP contribution in [0, 0.1) is 5.82 Å². The van der Waals surface area contributed by atoms with Crippen molar-refractivity contribution in [1.29, 1.82) is 0 Å². The number of benzene rings is 2. The second kappa shape index (κ2) is 15.4. The third-order valence-corrected chi connectivity index (χ3v) is 6.94.